The summed E-state index contributed by atoms with van der Waals surface area (Å²) in [7, 11) is 0. The average molecular weight is 335 g/mol. The number of aryl methyl sites for hydroxylation is 2. The van der Waals surface area contributed by atoms with Crippen LogP contribution >= 0.6 is 15.9 Å². The van der Waals surface area contributed by atoms with E-state index in [0.717, 1.165) is 21.3 Å². The molecule has 1 aromatic heterocycles. The van der Waals surface area contributed by atoms with Crippen molar-refractivity contribution >= 4 is 33.3 Å². The first-order valence-electron chi connectivity index (χ1n) is 6.03. The third kappa shape index (κ3) is 3.15. The fraction of sp³-hybridized carbons (Fsp3) is 0.143. The number of pyridine rings is 1. The molecule has 0 aliphatic heterocycles. The first kappa shape index (κ1) is 14.5. The van der Waals surface area contributed by atoms with E-state index in [4.69, 9.17) is 5.84 Å². The van der Waals surface area contributed by atoms with Gasteiger partial charge in [0.1, 0.15) is 11.5 Å². The fourth-order valence-electron chi connectivity index (χ4n) is 1.85. The van der Waals surface area contributed by atoms with Gasteiger partial charge in [0.15, 0.2) is 0 Å². The minimum atomic E-state index is -0.275. The van der Waals surface area contributed by atoms with Gasteiger partial charge in [-0.25, -0.2) is 10.8 Å². The number of benzene rings is 1. The van der Waals surface area contributed by atoms with Crippen molar-refractivity contribution in [3.63, 3.8) is 0 Å². The standard InChI is InChI=1S/C14H15BrN4O/c1-8-6-10(7-9(2)13(8)15)17-14(20)11-4-3-5-12(18-11)19-16/h3-7H,16H2,1-2H3,(H,17,20)(H,18,19). The van der Waals surface area contributed by atoms with Crippen molar-refractivity contribution in [3.8, 4) is 0 Å². The minimum Gasteiger partial charge on any atom is -0.321 e. The van der Waals surface area contributed by atoms with Gasteiger partial charge < -0.3 is 10.7 Å². The van der Waals surface area contributed by atoms with Gasteiger partial charge in [-0.05, 0) is 49.2 Å². The molecule has 0 saturated heterocycles. The first-order chi connectivity index (χ1) is 9.51. The molecule has 104 valence electrons. The summed E-state index contributed by atoms with van der Waals surface area (Å²) >= 11 is 3.50. The van der Waals surface area contributed by atoms with Crippen LogP contribution in [0.4, 0.5) is 11.5 Å². The van der Waals surface area contributed by atoms with Gasteiger partial charge in [0.25, 0.3) is 5.91 Å². The third-order valence-corrected chi connectivity index (χ3v) is 4.07. The Kier molecular flexibility index (Phi) is 4.36. The maximum absolute atomic E-state index is 12.1. The lowest BCUT2D eigenvalue weighted by atomic mass is 10.1. The second-order valence-corrected chi connectivity index (χ2v) is 5.22. The molecule has 0 unspecified atom stereocenters. The van der Waals surface area contributed by atoms with Gasteiger partial charge in [0.05, 0.1) is 0 Å². The number of rotatable bonds is 3. The average Bonchev–Trinajstić information content (AvgIpc) is 2.44. The number of hydrazine groups is 1. The molecule has 0 saturated carbocycles. The van der Waals surface area contributed by atoms with E-state index in [-0.39, 0.29) is 5.91 Å². The van der Waals surface area contributed by atoms with Crippen molar-refractivity contribution in [2.75, 3.05) is 10.7 Å². The van der Waals surface area contributed by atoms with Crippen molar-refractivity contribution in [3.05, 3.63) is 51.6 Å². The molecule has 1 aromatic carbocycles. The molecule has 0 aliphatic rings. The number of halogens is 1. The van der Waals surface area contributed by atoms with Crippen LogP contribution in [-0.2, 0) is 0 Å². The molecule has 0 spiro atoms. The van der Waals surface area contributed by atoms with Gasteiger partial charge in [0.2, 0.25) is 0 Å². The Bertz CT molecular complexity index is 634. The van der Waals surface area contributed by atoms with Gasteiger partial charge in [0, 0.05) is 10.2 Å². The molecule has 0 radical (unpaired) electrons. The van der Waals surface area contributed by atoms with E-state index in [1.165, 1.54) is 0 Å². The van der Waals surface area contributed by atoms with Crippen molar-refractivity contribution in [1.82, 2.24) is 4.98 Å². The molecule has 2 aromatic rings. The van der Waals surface area contributed by atoms with E-state index < -0.39 is 0 Å². The normalized spacial score (nSPS) is 10.2. The number of nitrogens with one attached hydrogen (secondary N) is 2. The highest BCUT2D eigenvalue weighted by atomic mass is 79.9. The van der Waals surface area contributed by atoms with Gasteiger partial charge in [-0.3, -0.25) is 4.79 Å². The molecule has 20 heavy (non-hydrogen) atoms. The highest BCUT2D eigenvalue weighted by Crippen LogP contribution is 2.25. The number of nitrogens with two attached hydrogens (primary N) is 1. The number of carbonyl (C=O) groups is 1. The van der Waals surface area contributed by atoms with Crippen LogP contribution < -0.4 is 16.6 Å². The summed E-state index contributed by atoms with van der Waals surface area (Å²) in [6.07, 6.45) is 0. The zero-order chi connectivity index (χ0) is 14.7. The second kappa shape index (κ2) is 6.02. The van der Waals surface area contributed by atoms with Gasteiger partial charge in [-0.15, -0.1) is 0 Å². The summed E-state index contributed by atoms with van der Waals surface area (Å²) in [5.41, 5.74) is 5.58. The van der Waals surface area contributed by atoms with Crippen molar-refractivity contribution in [2.45, 2.75) is 13.8 Å². The quantitative estimate of drug-likeness (QED) is 0.595. The van der Waals surface area contributed by atoms with Crippen molar-refractivity contribution in [1.29, 1.82) is 0 Å². The Hall–Kier alpha value is -1.92. The Balaban J connectivity index is 2.23. The molecule has 0 fully saturated rings. The molecule has 6 heteroatoms. The van der Waals surface area contributed by atoms with E-state index in [0.29, 0.717) is 11.5 Å². The topological polar surface area (TPSA) is 80.0 Å². The highest BCUT2D eigenvalue weighted by molar-refractivity contribution is 9.10. The predicted molar refractivity (Wildman–Crippen MR) is 83.6 cm³/mol. The summed E-state index contributed by atoms with van der Waals surface area (Å²) in [4.78, 5) is 16.2. The number of aromatic nitrogens is 1. The number of carbonyl (C=O) groups excluding carboxylic acids is 1. The van der Waals surface area contributed by atoms with Crippen LogP contribution in [-0.4, -0.2) is 10.9 Å². The van der Waals surface area contributed by atoms with E-state index in [1.807, 2.05) is 26.0 Å². The molecular weight excluding hydrogens is 320 g/mol. The van der Waals surface area contributed by atoms with Gasteiger partial charge >= 0.3 is 0 Å². The van der Waals surface area contributed by atoms with E-state index >= 15 is 0 Å². The van der Waals surface area contributed by atoms with Crippen LogP contribution in [0, 0.1) is 13.8 Å². The molecule has 5 nitrogen and oxygen atoms in total. The predicted octanol–water partition coefficient (Wildman–Crippen LogP) is 3.00. The summed E-state index contributed by atoms with van der Waals surface area (Å²) in [5.74, 6) is 5.45. The monoisotopic (exact) mass is 334 g/mol. The van der Waals surface area contributed by atoms with Crippen molar-refractivity contribution < 1.29 is 4.79 Å². The summed E-state index contributed by atoms with van der Waals surface area (Å²) in [6, 6.07) is 8.84. The SMILES string of the molecule is Cc1cc(NC(=O)c2cccc(NN)n2)cc(C)c1Br. The Labute approximate surface area is 125 Å². The van der Waals surface area contributed by atoms with Crippen LogP contribution in [0.5, 0.6) is 0 Å². The fourth-order valence-corrected chi connectivity index (χ4v) is 2.08. The number of nitrogen functional groups attached to an aromatic ring is 1. The lowest BCUT2D eigenvalue weighted by molar-refractivity contribution is 0.102. The summed E-state index contributed by atoms with van der Waals surface area (Å²) in [6.45, 7) is 3.95. The maximum Gasteiger partial charge on any atom is 0.274 e. The minimum absolute atomic E-state index is 0.275. The summed E-state index contributed by atoms with van der Waals surface area (Å²) in [5, 5.41) is 2.83. The third-order valence-electron chi connectivity index (χ3n) is 2.82. The summed E-state index contributed by atoms with van der Waals surface area (Å²) < 4.78 is 1.04. The molecule has 4 N–H and O–H groups in total. The van der Waals surface area contributed by atoms with Gasteiger partial charge in [-0.2, -0.15) is 0 Å². The number of anilines is 2. The smallest absolute Gasteiger partial charge is 0.274 e. The zero-order valence-corrected chi connectivity index (χ0v) is 12.8. The van der Waals surface area contributed by atoms with E-state index in [2.05, 4.69) is 31.7 Å². The molecule has 0 atom stereocenters. The number of hydrogen-bond donors (Lipinski definition) is 3. The molecule has 0 bridgehead atoms. The van der Waals surface area contributed by atoms with Crippen LogP contribution in [0.2, 0.25) is 0 Å². The molecule has 1 amide bonds. The van der Waals surface area contributed by atoms with Gasteiger partial charge in [-0.1, -0.05) is 22.0 Å². The first-order valence-corrected chi connectivity index (χ1v) is 6.82. The molecule has 0 aliphatic carbocycles. The van der Waals surface area contributed by atoms with Crippen molar-refractivity contribution in [2.24, 2.45) is 5.84 Å². The highest BCUT2D eigenvalue weighted by Gasteiger charge is 2.10. The molecule has 1 heterocycles. The number of nitrogens with zero attached hydrogens (tertiary/aromatic N) is 1. The number of amides is 1. The molecular formula is C14H15BrN4O. The van der Waals surface area contributed by atoms with Crippen LogP contribution in [0.1, 0.15) is 21.6 Å². The lowest BCUT2D eigenvalue weighted by Gasteiger charge is -2.10. The van der Waals surface area contributed by atoms with E-state index in [9.17, 15) is 4.79 Å². The Morgan fingerprint density at radius 1 is 1.25 bits per heavy atom. The van der Waals surface area contributed by atoms with E-state index in [1.54, 1.807) is 18.2 Å². The second-order valence-electron chi connectivity index (χ2n) is 4.43. The Morgan fingerprint density at radius 2 is 1.90 bits per heavy atom. The Morgan fingerprint density at radius 3 is 2.50 bits per heavy atom. The van der Waals surface area contributed by atoms with Crippen LogP contribution in [0.3, 0.4) is 0 Å². The number of hydrogen-bond acceptors (Lipinski definition) is 4. The van der Waals surface area contributed by atoms with Crippen LogP contribution in [0.15, 0.2) is 34.8 Å². The lowest BCUT2D eigenvalue weighted by Crippen LogP contribution is -2.16. The largest absolute Gasteiger partial charge is 0.321 e. The molecule has 2 rings (SSSR count). The van der Waals surface area contributed by atoms with Crippen LogP contribution in [0.25, 0.3) is 0 Å². The maximum atomic E-state index is 12.1. The zero-order valence-electron chi connectivity index (χ0n) is 11.2.